The highest BCUT2D eigenvalue weighted by molar-refractivity contribution is 5.81. The summed E-state index contributed by atoms with van der Waals surface area (Å²) in [6, 6.07) is -0.402. The third-order valence-electron chi connectivity index (χ3n) is 2.02. The van der Waals surface area contributed by atoms with E-state index in [1.54, 1.807) is 0 Å². The second kappa shape index (κ2) is 6.86. The van der Waals surface area contributed by atoms with E-state index in [2.05, 4.69) is 5.32 Å². The number of aliphatic hydroxyl groups excluding tert-OH is 1. The van der Waals surface area contributed by atoms with Crippen molar-refractivity contribution in [1.29, 1.82) is 0 Å². The highest BCUT2D eigenvalue weighted by Gasteiger charge is 2.11. The standard InChI is InChI=1S/C9H20N2O2/c1-3-8(10)9(13)11-6-7(2)4-5-12/h7-8,12H,3-6,10H2,1-2H3,(H,11,13). The largest absolute Gasteiger partial charge is 0.396 e. The normalized spacial score (nSPS) is 15.1. The Balaban J connectivity index is 3.57. The average molecular weight is 188 g/mol. The maximum atomic E-state index is 11.2. The predicted octanol–water partition coefficient (Wildman–Crippen LogP) is -0.142. The summed E-state index contributed by atoms with van der Waals surface area (Å²) in [5, 5.41) is 11.4. The van der Waals surface area contributed by atoms with E-state index in [-0.39, 0.29) is 12.5 Å². The number of carbonyl (C=O) groups is 1. The molecular weight excluding hydrogens is 168 g/mol. The van der Waals surface area contributed by atoms with Crippen molar-refractivity contribution in [2.45, 2.75) is 32.7 Å². The van der Waals surface area contributed by atoms with Gasteiger partial charge < -0.3 is 16.2 Å². The molecule has 2 atom stereocenters. The van der Waals surface area contributed by atoms with Gasteiger partial charge in [-0.15, -0.1) is 0 Å². The molecule has 4 N–H and O–H groups in total. The van der Waals surface area contributed by atoms with E-state index in [4.69, 9.17) is 10.8 Å². The molecule has 0 bridgehead atoms. The maximum Gasteiger partial charge on any atom is 0.236 e. The van der Waals surface area contributed by atoms with Gasteiger partial charge in [0, 0.05) is 13.2 Å². The maximum absolute atomic E-state index is 11.2. The fourth-order valence-electron chi connectivity index (χ4n) is 0.914. The quantitative estimate of drug-likeness (QED) is 0.543. The van der Waals surface area contributed by atoms with E-state index >= 15 is 0 Å². The van der Waals surface area contributed by atoms with E-state index in [9.17, 15) is 4.79 Å². The van der Waals surface area contributed by atoms with E-state index < -0.39 is 6.04 Å². The van der Waals surface area contributed by atoms with Crippen LogP contribution < -0.4 is 11.1 Å². The molecule has 4 heteroatoms. The van der Waals surface area contributed by atoms with Gasteiger partial charge in [0.25, 0.3) is 0 Å². The predicted molar refractivity (Wildman–Crippen MR) is 52.1 cm³/mol. The van der Waals surface area contributed by atoms with Crippen LogP contribution in [0.2, 0.25) is 0 Å². The number of carbonyl (C=O) groups excluding carboxylic acids is 1. The van der Waals surface area contributed by atoms with Gasteiger partial charge in [-0.3, -0.25) is 4.79 Å². The molecule has 0 saturated heterocycles. The molecular formula is C9H20N2O2. The second-order valence-electron chi connectivity index (χ2n) is 3.38. The Morgan fingerprint density at radius 1 is 1.62 bits per heavy atom. The average Bonchev–Trinajstić information content (AvgIpc) is 2.13. The fourth-order valence-corrected chi connectivity index (χ4v) is 0.914. The summed E-state index contributed by atoms with van der Waals surface area (Å²) in [7, 11) is 0. The zero-order valence-electron chi connectivity index (χ0n) is 8.42. The van der Waals surface area contributed by atoms with Crippen LogP contribution in [0.25, 0.3) is 0 Å². The van der Waals surface area contributed by atoms with Gasteiger partial charge in [0.15, 0.2) is 0 Å². The number of amides is 1. The van der Waals surface area contributed by atoms with E-state index in [1.165, 1.54) is 0 Å². The lowest BCUT2D eigenvalue weighted by molar-refractivity contribution is -0.122. The molecule has 2 unspecified atom stereocenters. The van der Waals surface area contributed by atoms with Gasteiger partial charge in [-0.1, -0.05) is 13.8 Å². The van der Waals surface area contributed by atoms with Gasteiger partial charge >= 0.3 is 0 Å². The van der Waals surface area contributed by atoms with Crippen LogP contribution >= 0.6 is 0 Å². The zero-order chi connectivity index (χ0) is 10.3. The summed E-state index contributed by atoms with van der Waals surface area (Å²) in [5.74, 6) is 0.199. The minimum Gasteiger partial charge on any atom is -0.396 e. The van der Waals surface area contributed by atoms with E-state index in [0.717, 1.165) is 0 Å². The number of hydrogen-bond donors (Lipinski definition) is 3. The van der Waals surface area contributed by atoms with Crippen molar-refractivity contribution in [1.82, 2.24) is 5.32 Å². The summed E-state index contributed by atoms with van der Waals surface area (Å²) in [6.45, 7) is 4.61. The molecule has 1 amide bonds. The second-order valence-corrected chi connectivity index (χ2v) is 3.38. The van der Waals surface area contributed by atoms with Crippen molar-refractivity contribution in [3.05, 3.63) is 0 Å². The summed E-state index contributed by atoms with van der Waals surface area (Å²) in [5.41, 5.74) is 5.52. The van der Waals surface area contributed by atoms with Crippen LogP contribution in [0.5, 0.6) is 0 Å². The van der Waals surface area contributed by atoms with Gasteiger partial charge in [0.1, 0.15) is 0 Å². The Morgan fingerprint density at radius 2 is 2.23 bits per heavy atom. The van der Waals surface area contributed by atoms with E-state index in [1.807, 2.05) is 13.8 Å². The fraction of sp³-hybridized carbons (Fsp3) is 0.889. The molecule has 0 rings (SSSR count). The Morgan fingerprint density at radius 3 is 2.69 bits per heavy atom. The molecule has 0 aromatic rings. The topological polar surface area (TPSA) is 75.4 Å². The Labute approximate surface area is 79.5 Å². The number of rotatable bonds is 6. The summed E-state index contributed by atoms with van der Waals surface area (Å²) >= 11 is 0. The van der Waals surface area contributed by atoms with Gasteiger partial charge in [-0.25, -0.2) is 0 Å². The highest BCUT2D eigenvalue weighted by atomic mass is 16.3. The lowest BCUT2D eigenvalue weighted by atomic mass is 10.1. The summed E-state index contributed by atoms with van der Waals surface area (Å²) in [4.78, 5) is 11.2. The first-order valence-electron chi connectivity index (χ1n) is 4.76. The van der Waals surface area contributed by atoms with Crippen molar-refractivity contribution < 1.29 is 9.90 Å². The van der Waals surface area contributed by atoms with Crippen LogP contribution in [0.3, 0.4) is 0 Å². The first-order valence-corrected chi connectivity index (χ1v) is 4.76. The van der Waals surface area contributed by atoms with Crippen molar-refractivity contribution in [3.63, 3.8) is 0 Å². The SMILES string of the molecule is CCC(N)C(=O)NCC(C)CCO. The van der Waals surface area contributed by atoms with Crippen LogP contribution in [0.4, 0.5) is 0 Å². The van der Waals surface area contributed by atoms with Gasteiger partial charge in [0.05, 0.1) is 6.04 Å². The van der Waals surface area contributed by atoms with Crippen molar-refractivity contribution >= 4 is 5.91 Å². The van der Waals surface area contributed by atoms with Crippen molar-refractivity contribution in [2.24, 2.45) is 11.7 Å². The molecule has 0 aliphatic carbocycles. The van der Waals surface area contributed by atoms with Crippen LogP contribution in [-0.4, -0.2) is 30.2 Å². The van der Waals surface area contributed by atoms with Crippen LogP contribution in [0.15, 0.2) is 0 Å². The van der Waals surface area contributed by atoms with Gasteiger partial charge in [-0.2, -0.15) is 0 Å². The van der Waals surface area contributed by atoms with Gasteiger partial charge in [-0.05, 0) is 18.8 Å². The lowest BCUT2D eigenvalue weighted by Gasteiger charge is -2.13. The number of nitrogens with one attached hydrogen (secondary N) is 1. The molecule has 0 aliphatic rings. The third-order valence-corrected chi connectivity index (χ3v) is 2.02. The van der Waals surface area contributed by atoms with Crippen LogP contribution in [0.1, 0.15) is 26.7 Å². The Hall–Kier alpha value is -0.610. The van der Waals surface area contributed by atoms with Gasteiger partial charge in [0.2, 0.25) is 5.91 Å². The Kier molecular flexibility index (Phi) is 6.54. The summed E-state index contributed by atoms with van der Waals surface area (Å²) in [6.07, 6.45) is 1.36. The molecule has 0 aromatic carbocycles. The molecule has 0 aliphatic heterocycles. The highest BCUT2D eigenvalue weighted by Crippen LogP contribution is 1.98. The van der Waals surface area contributed by atoms with E-state index in [0.29, 0.717) is 25.3 Å². The zero-order valence-corrected chi connectivity index (χ0v) is 8.42. The Bertz CT molecular complexity index is 151. The molecule has 78 valence electrons. The molecule has 0 aromatic heterocycles. The minimum atomic E-state index is -0.402. The number of nitrogens with two attached hydrogens (primary N) is 1. The molecule has 13 heavy (non-hydrogen) atoms. The molecule has 0 heterocycles. The monoisotopic (exact) mass is 188 g/mol. The van der Waals surface area contributed by atoms with Crippen molar-refractivity contribution in [3.8, 4) is 0 Å². The van der Waals surface area contributed by atoms with Crippen molar-refractivity contribution in [2.75, 3.05) is 13.2 Å². The van der Waals surface area contributed by atoms with Crippen LogP contribution in [0, 0.1) is 5.92 Å². The molecule has 0 spiro atoms. The molecule has 0 fully saturated rings. The first kappa shape index (κ1) is 12.4. The van der Waals surface area contributed by atoms with Crippen LogP contribution in [-0.2, 0) is 4.79 Å². The third kappa shape index (κ3) is 5.60. The number of aliphatic hydroxyl groups is 1. The number of hydrogen-bond acceptors (Lipinski definition) is 3. The smallest absolute Gasteiger partial charge is 0.236 e. The molecule has 0 saturated carbocycles. The minimum absolute atomic E-state index is 0.104. The lowest BCUT2D eigenvalue weighted by Crippen LogP contribution is -2.41. The molecule has 0 radical (unpaired) electrons. The molecule has 4 nitrogen and oxygen atoms in total. The summed E-state index contributed by atoms with van der Waals surface area (Å²) < 4.78 is 0. The first-order chi connectivity index (χ1) is 6.11.